The highest BCUT2D eigenvalue weighted by Crippen LogP contribution is 2.20. The SMILES string of the molecule is CCc1nnsc1C(=O)c1csc(C)c1. The van der Waals surface area contributed by atoms with Crippen LogP contribution in [0, 0.1) is 6.92 Å². The molecule has 5 heteroatoms. The van der Waals surface area contributed by atoms with Gasteiger partial charge in [0.2, 0.25) is 5.78 Å². The predicted octanol–water partition coefficient (Wildman–Crippen LogP) is 2.70. The molecule has 15 heavy (non-hydrogen) atoms. The second kappa shape index (κ2) is 4.20. The molecule has 0 aliphatic heterocycles. The number of carbonyl (C=O) groups is 1. The summed E-state index contributed by atoms with van der Waals surface area (Å²) in [6, 6.07) is 1.91. The Morgan fingerprint density at radius 2 is 2.33 bits per heavy atom. The summed E-state index contributed by atoms with van der Waals surface area (Å²) in [5.41, 5.74) is 1.55. The molecule has 0 aliphatic rings. The van der Waals surface area contributed by atoms with Gasteiger partial charge in [0, 0.05) is 15.8 Å². The highest BCUT2D eigenvalue weighted by molar-refractivity contribution is 7.10. The van der Waals surface area contributed by atoms with Crippen molar-refractivity contribution in [3.63, 3.8) is 0 Å². The molecule has 0 bridgehead atoms. The molecule has 0 fully saturated rings. The van der Waals surface area contributed by atoms with Gasteiger partial charge in [-0.15, -0.1) is 16.4 Å². The lowest BCUT2D eigenvalue weighted by molar-refractivity contribution is 0.104. The van der Waals surface area contributed by atoms with Gasteiger partial charge in [-0.2, -0.15) is 0 Å². The van der Waals surface area contributed by atoms with Crippen molar-refractivity contribution in [2.75, 3.05) is 0 Å². The van der Waals surface area contributed by atoms with E-state index in [0.717, 1.165) is 22.6 Å². The fourth-order valence-electron chi connectivity index (χ4n) is 1.31. The molecule has 0 spiro atoms. The van der Waals surface area contributed by atoms with E-state index in [0.29, 0.717) is 4.88 Å². The van der Waals surface area contributed by atoms with Crippen LogP contribution in [0.25, 0.3) is 0 Å². The van der Waals surface area contributed by atoms with Gasteiger partial charge in [-0.3, -0.25) is 4.79 Å². The van der Waals surface area contributed by atoms with Gasteiger partial charge in [0.1, 0.15) is 4.88 Å². The maximum atomic E-state index is 12.0. The molecule has 2 rings (SSSR count). The van der Waals surface area contributed by atoms with Crippen molar-refractivity contribution >= 4 is 28.7 Å². The fourth-order valence-corrected chi connectivity index (χ4v) is 2.70. The Kier molecular flexibility index (Phi) is 2.93. The Morgan fingerprint density at radius 3 is 2.93 bits per heavy atom. The van der Waals surface area contributed by atoms with E-state index < -0.39 is 0 Å². The Balaban J connectivity index is 2.36. The monoisotopic (exact) mass is 238 g/mol. The van der Waals surface area contributed by atoms with E-state index in [1.165, 1.54) is 11.5 Å². The van der Waals surface area contributed by atoms with E-state index in [-0.39, 0.29) is 5.78 Å². The number of nitrogens with zero attached hydrogens (tertiary/aromatic N) is 2. The maximum Gasteiger partial charge on any atom is 0.207 e. The first-order valence-electron chi connectivity index (χ1n) is 4.63. The normalized spacial score (nSPS) is 10.5. The molecule has 3 nitrogen and oxygen atoms in total. The number of aromatic nitrogens is 2. The average molecular weight is 238 g/mol. The molecule has 0 saturated heterocycles. The van der Waals surface area contributed by atoms with Crippen molar-refractivity contribution in [1.82, 2.24) is 9.59 Å². The predicted molar refractivity (Wildman–Crippen MR) is 61.8 cm³/mol. The van der Waals surface area contributed by atoms with E-state index >= 15 is 0 Å². The zero-order valence-electron chi connectivity index (χ0n) is 8.48. The Labute approximate surface area is 95.9 Å². The van der Waals surface area contributed by atoms with Gasteiger partial charge in [0.25, 0.3) is 0 Å². The molecule has 0 amide bonds. The molecule has 0 saturated carbocycles. The van der Waals surface area contributed by atoms with Gasteiger partial charge < -0.3 is 0 Å². The zero-order valence-corrected chi connectivity index (χ0v) is 10.1. The van der Waals surface area contributed by atoms with E-state index in [1.807, 2.05) is 25.3 Å². The minimum Gasteiger partial charge on any atom is -0.288 e. The number of thiophene rings is 1. The molecule has 78 valence electrons. The van der Waals surface area contributed by atoms with Crippen molar-refractivity contribution in [2.45, 2.75) is 20.3 Å². The summed E-state index contributed by atoms with van der Waals surface area (Å²) < 4.78 is 3.82. The van der Waals surface area contributed by atoms with E-state index in [4.69, 9.17) is 0 Å². The molecule has 0 aromatic carbocycles. The fraction of sp³-hybridized carbons (Fsp3) is 0.300. The van der Waals surface area contributed by atoms with E-state index in [1.54, 1.807) is 11.3 Å². The van der Waals surface area contributed by atoms with Gasteiger partial charge in [-0.1, -0.05) is 11.4 Å². The molecule has 0 atom stereocenters. The second-order valence-electron chi connectivity index (χ2n) is 3.18. The van der Waals surface area contributed by atoms with Crippen molar-refractivity contribution < 1.29 is 4.79 Å². The molecule has 0 radical (unpaired) electrons. The topological polar surface area (TPSA) is 42.9 Å². The number of rotatable bonds is 3. The van der Waals surface area contributed by atoms with Crippen LogP contribution in [0.2, 0.25) is 0 Å². The smallest absolute Gasteiger partial charge is 0.207 e. The highest BCUT2D eigenvalue weighted by atomic mass is 32.1. The van der Waals surface area contributed by atoms with Crippen LogP contribution in [0.1, 0.15) is 32.7 Å². The second-order valence-corrected chi connectivity index (χ2v) is 5.05. The first kappa shape index (κ1) is 10.4. The summed E-state index contributed by atoms with van der Waals surface area (Å²) in [5.74, 6) is 0.0474. The van der Waals surface area contributed by atoms with E-state index in [9.17, 15) is 4.79 Å². The largest absolute Gasteiger partial charge is 0.288 e. The number of ketones is 1. The molecule has 2 heterocycles. The van der Waals surface area contributed by atoms with Crippen molar-refractivity contribution in [3.05, 3.63) is 32.5 Å². The minimum absolute atomic E-state index is 0.0474. The third kappa shape index (κ3) is 1.98. The molecule has 0 unspecified atom stereocenters. The molecular formula is C10H10N2OS2. The summed E-state index contributed by atoms with van der Waals surface area (Å²) in [6.07, 6.45) is 0.751. The first-order valence-corrected chi connectivity index (χ1v) is 6.28. The van der Waals surface area contributed by atoms with Crippen LogP contribution in [-0.4, -0.2) is 15.4 Å². The standard InChI is InChI=1S/C10H10N2OS2/c1-3-8-10(15-12-11-8)9(13)7-4-6(2)14-5-7/h4-5H,3H2,1-2H3. The van der Waals surface area contributed by atoms with Gasteiger partial charge in [-0.05, 0) is 30.9 Å². The number of aryl methyl sites for hydroxylation is 2. The van der Waals surface area contributed by atoms with E-state index in [2.05, 4.69) is 9.59 Å². The van der Waals surface area contributed by atoms with Gasteiger partial charge >= 0.3 is 0 Å². The van der Waals surface area contributed by atoms with Crippen molar-refractivity contribution in [2.24, 2.45) is 0 Å². The molecule has 2 aromatic rings. The summed E-state index contributed by atoms with van der Waals surface area (Å²) >= 11 is 2.77. The van der Waals surface area contributed by atoms with Crippen molar-refractivity contribution in [1.29, 1.82) is 0 Å². The van der Waals surface area contributed by atoms with Crippen molar-refractivity contribution in [3.8, 4) is 0 Å². The summed E-state index contributed by atoms with van der Waals surface area (Å²) in [4.78, 5) is 13.9. The van der Waals surface area contributed by atoms with Crippen LogP contribution in [0.4, 0.5) is 0 Å². The Hall–Kier alpha value is -1.07. The van der Waals surface area contributed by atoms with Gasteiger partial charge in [-0.25, -0.2) is 0 Å². The molecule has 2 aromatic heterocycles. The van der Waals surface area contributed by atoms with Crippen LogP contribution in [0.3, 0.4) is 0 Å². The quantitative estimate of drug-likeness (QED) is 0.772. The lowest BCUT2D eigenvalue weighted by Gasteiger charge is -1.94. The van der Waals surface area contributed by atoms with Gasteiger partial charge in [0.05, 0.1) is 5.69 Å². The Bertz CT molecular complexity index is 487. The average Bonchev–Trinajstić information content (AvgIpc) is 2.84. The lowest BCUT2D eigenvalue weighted by atomic mass is 10.1. The van der Waals surface area contributed by atoms with Crippen LogP contribution in [0.15, 0.2) is 11.4 Å². The molecule has 0 N–H and O–H groups in total. The zero-order chi connectivity index (χ0) is 10.8. The minimum atomic E-state index is 0.0474. The summed E-state index contributed by atoms with van der Waals surface area (Å²) in [5, 5.41) is 5.82. The lowest BCUT2D eigenvalue weighted by Crippen LogP contribution is -2.00. The summed E-state index contributed by atoms with van der Waals surface area (Å²) in [7, 11) is 0. The number of carbonyl (C=O) groups excluding carboxylic acids is 1. The highest BCUT2D eigenvalue weighted by Gasteiger charge is 2.17. The van der Waals surface area contributed by atoms with Gasteiger partial charge in [0.15, 0.2) is 0 Å². The molecule has 0 aliphatic carbocycles. The first-order chi connectivity index (χ1) is 7.22. The Morgan fingerprint density at radius 1 is 1.53 bits per heavy atom. The van der Waals surface area contributed by atoms with Crippen LogP contribution in [-0.2, 0) is 6.42 Å². The van der Waals surface area contributed by atoms with Crippen LogP contribution in [0.5, 0.6) is 0 Å². The molecular weight excluding hydrogens is 228 g/mol. The number of hydrogen-bond donors (Lipinski definition) is 0. The summed E-state index contributed by atoms with van der Waals surface area (Å²) in [6.45, 7) is 3.97. The van der Waals surface area contributed by atoms with Crippen LogP contribution < -0.4 is 0 Å². The third-order valence-electron chi connectivity index (χ3n) is 2.09. The maximum absolute atomic E-state index is 12.0. The third-order valence-corrected chi connectivity index (χ3v) is 3.72. The van der Waals surface area contributed by atoms with Crippen LogP contribution >= 0.6 is 22.9 Å². The number of hydrogen-bond acceptors (Lipinski definition) is 5.